The quantitative estimate of drug-likeness (QED) is 0.832. The lowest BCUT2D eigenvalue weighted by Gasteiger charge is -2.34. The van der Waals surface area contributed by atoms with Crippen molar-refractivity contribution < 1.29 is 9.50 Å². The molecule has 16 heavy (non-hydrogen) atoms. The molecule has 1 aliphatic heterocycles. The predicted octanol–water partition coefficient (Wildman–Crippen LogP) is 2.42. The van der Waals surface area contributed by atoms with Gasteiger partial charge in [-0.15, -0.1) is 0 Å². The van der Waals surface area contributed by atoms with E-state index in [4.69, 9.17) is 0 Å². The second-order valence-corrected chi connectivity index (χ2v) is 4.54. The molecule has 1 unspecified atom stereocenters. The minimum absolute atomic E-state index is 0.192. The van der Waals surface area contributed by atoms with E-state index in [1.165, 1.54) is 12.1 Å². The molecule has 0 saturated carbocycles. The van der Waals surface area contributed by atoms with Crippen LogP contribution >= 0.6 is 0 Å². The van der Waals surface area contributed by atoms with E-state index < -0.39 is 0 Å². The van der Waals surface area contributed by atoms with Crippen molar-refractivity contribution >= 4 is 5.69 Å². The number of hydrogen-bond acceptors (Lipinski definition) is 2. The molecule has 1 heterocycles. The summed E-state index contributed by atoms with van der Waals surface area (Å²) >= 11 is 0. The van der Waals surface area contributed by atoms with Crippen LogP contribution in [0.2, 0.25) is 0 Å². The molecule has 1 N–H and O–H groups in total. The molecular formula is C13H18FNO. The van der Waals surface area contributed by atoms with Gasteiger partial charge < -0.3 is 10.0 Å². The number of benzene rings is 1. The van der Waals surface area contributed by atoms with E-state index in [-0.39, 0.29) is 11.9 Å². The maximum Gasteiger partial charge on any atom is 0.123 e. The fraction of sp³-hybridized carbons (Fsp3) is 0.538. The summed E-state index contributed by atoms with van der Waals surface area (Å²) in [7, 11) is 0. The van der Waals surface area contributed by atoms with Gasteiger partial charge in [0.05, 0.1) is 6.10 Å². The summed E-state index contributed by atoms with van der Waals surface area (Å²) in [5, 5.41) is 9.50. The third-order valence-electron chi connectivity index (χ3n) is 3.41. The van der Waals surface area contributed by atoms with Crippen molar-refractivity contribution in [3.63, 3.8) is 0 Å². The number of aliphatic hydroxyl groups is 1. The molecule has 88 valence electrons. The highest BCUT2D eigenvalue weighted by atomic mass is 19.1. The summed E-state index contributed by atoms with van der Waals surface area (Å²) < 4.78 is 12.8. The summed E-state index contributed by atoms with van der Waals surface area (Å²) in [5.74, 6) is 0.222. The van der Waals surface area contributed by atoms with Crippen LogP contribution in [0.5, 0.6) is 0 Å². The first kappa shape index (κ1) is 11.4. The molecular weight excluding hydrogens is 205 g/mol. The predicted molar refractivity (Wildman–Crippen MR) is 63.0 cm³/mol. The first-order valence-corrected chi connectivity index (χ1v) is 5.85. The lowest BCUT2D eigenvalue weighted by molar-refractivity contribution is 0.110. The number of nitrogens with zero attached hydrogens (tertiary/aromatic N) is 1. The average molecular weight is 223 g/mol. The van der Waals surface area contributed by atoms with Gasteiger partial charge in [0.15, 0.2) is 0 Å². The molecule has 2 nitrogen and oxygen atoms in total. The fourth-order valence-corrected chi connectivity index (χ4v) is 2.29. The largest absolute Gasteiger partial charge is 0.393 e. The highest BCUT2D eigenvalue weighted by molar-refractivity contribution is 5.46. The molecule has 1 aromatic rings. The van der Waals surface area contributed by atoms with Gasteiger partial charge in [-0.05, 0) is 49.9 Å². The Hall–Kier alpha value is -1.09. The second-order valence-electron chi connectivity index (χ2n) is 4.54. The Morgan fingerprint density at radius 2 is 1.81 bits per heavy atom. The summed E-state index contributed by atoms with van der Waals surface area (Å²) in [6.45, 7) is 3.75. The van der Waals surface area contributed by atoms with Crippen molar-refractivity contribution in [1.29, 1.82) is 0 Å². The zero-order chi connectivity index (χ0) is 11.5. The Morgan fingerprint density at radius 1 is 1.25 bits per heavy atom. The van der Waals surface area contributed by atoms with Crippen LogP contribution in [0.4, 0.5) is 10.1 Å². The van der Waals surface area contributed by atoms with Gasteiger partial charge in [-0.2, -0.15) is 0 Å². The third kappa shape index (κ3) is 2.53. The topological polar surface area (TPSA) is 23.5 Å². The van der Waals surface area contributed by atoms with Crippen molar-refractivity contribution in [3.8, 4) is 0 Å². The van der Waals surface area contributed by atoms with E-state index in [1.807, 2.05) is 19.1 Å². The minimum atomic E-state index is -0.213. The van der Waals surface area contributed by atoms with Crippen molar-refractivity contribution in [3.05, 3.63) is 30.1 Å². The monoisotopic (exact) mass is 223 g/mol. The van der Waals surface area contributed by atoms with Crippen molar-refractivity contribution in [1.82, 2.24) is 0 Å². The van der Waals surface area contributed by atoms with Crippen LogP contribution in [0.25, 0.3) is 0 Å². The number of aliphatic hydroxyl groups excluding tert-OH is 1. The molecule has 1 aromatic carbocycles. The number of anilines is 1. The van der Waals surface area contributed by atoms with Gasteiger partial charge in [0, 0.05) is 18.8 Å². The lowest BCUT2D eigenvalue weighted by Crippen LogP contribution is -2.36. The molecule has 1 fully saturated rings. The second kappa shape index (κ2) is 4.83. The number of halogens is 1. The molecule has 2 rings (SSSR count). The molecule has 0 bridgehead atoms. The Balaban J connectivity index is 1.96. The van der Waals surface area contributed by atoms with Crippen molar-refractivity contribution in [2.75, 3.05) is 18.0 Å². The first-order valence-electron chi connectivity index (χ1n) is 5.85. The highest BCUT2D eigenvalue weighted by Crippen LogP contribution is 2.25. The van der Waals surface area contributed by atoms with Crippen LogP contribution in [-0.2, 0) is 0 Å². The van der Waals surface area contributed by atoms with Crippen LogP contribution in [-0.4, -0.2) is 24.3 Å². The van der Waals surface area contributed by atoms with E-state index in [0.717, 1.165) is 31.6 Å². The molecule has 0 radical (unpaired) electrons. The van der Waals surface area contributed by atoms with Gasteiger partial charge in [-0.1, -0.05) is 0 Å². The highest BCUT2D eigenvalue weighted by Gasteiger charge is 2.22. The Bertz CT molecular complexity index is 328. The van der Waals surface area contributed by atoms with Gasteiger partial charge in [0.1, 0.15) is 5.82 Å². The average Bonchev–Trinajstić information content (AvgIpc) is 2.30. The Morgan fingerprint density at radius 3 is 2.31 bits per heavy atom. The number of hydrogen-bond donors (Lipinski definition) is 1. The molecule has 3 heteroatoms. The Kier molecular flexibility index (Phi) is 3.44. The number of piperidine rings is 1. The van der Waals surface area contributed by atoms with E-state index in [1.54, 1.807) is 0 Å². The smallest absolute Gasteiger partial charge is 0.123 e. The summed E-state index contributed by atoms with van der Waals surface area (Å²) in [6, 6.07) is 6.63. The maximum absolute atomic E-state index is 12.8. The third-order valence-corrected chi connectivity index (χ3v) is 3.41. The summed E-state index contributed by atoms with van der Waals surface area (Å²) in [5.41, 5.74) is 1.07. The molecule has 1 atom stereocenters. The molecule has 0 amide bonds. The first-order chi connectivity index (χ1) is 7.66. The van der Waals surface area contributed by atoms with E-state index >= 15 is 0 Å². The van der Waals surface area contributed by atoms with Crippen molar-refractivity contribution in [2.45, 2.75) is 25.9 Å². The molecule has 0 spiro atoms. The SMILES string of the molecule is CC(O)C1CCN(c2ccc(F)cc2)CC1. The molecule has 0 aliphatic carbocycles. The molecule has 1 aliphatic rings. The molecule has 1 saturated heterocycles. The Labute approximate surface area is 95.7 Å². The fourth-order valence-electron chi connectivity index (χ4n) is 2.29. The van der Waals surface area contributed by atoms with Gasteiger partial charge >= 0.3 is 0 Å². The van der Waals surface area contributed by atoms with Crippen LogP contribution in [0.15, 0.2) is 24.3 Å². The maximum atomic E-state index is 12.8. The van der Waals surface area contributed by atoms with Crippen LogP contribution < -0.4 is 4.90 Å². The van der Waals surface area contributed by atoms with E-state index in [0.29, 0.717) is 5.92 Å². The number of rotatable bonds is 2. The summed E-state index contributed by atoms with van der Waals surface area (Å²) in [6.07, 6.45) is 1.81. The van der Waals surface area contributed by atoms with Gasteiger partial charge in [-0.3, -0.25) is 0 Å². The van der Waals surface area contributed by atoms with Gasteiger partial charge in [-0.25, -0.2) is 4.39 Å². The zero-order valence-electron chi connectivity index (χ0n) is 9.56. The van der Waals surface area contributed by atoms with Crippen LogP contribution in [0, 0.1) is 11.7 Å². The van der Waals surface area contributed by atoms with Crippen LogP contribution in [0.1, 0.15) is 19.8 Å². The van der Waals surface area contributed by atoms with Crippen LogP contribution in [0.3, 0.4) is 0 Å². The normalized spacial score (nSPS) is 19.8. The van der Waals surface area contributed by atoms with Crippen molar-refractivity contribution in [2.24, 2.45) is 5.92 Å². The lowest BCUT2D eigenvalue weighted by atomic mass is 9.92. The standard InChI is InChI=1S/C13H18FNO/c1-10(16)11-6-8-15(9-7-11)13-4-2-12(14)3-5-13/h2-5,10-11,16H,6-9H2,1H3. The van der Waals surface area contributed by atoms with Gasteiger partial charge in [0.25, 0.3) is 0 Å². The summed E-state index contributed by atoms with van der Waals surface area (Å²) in [4.78, 5) is 2.25. The molecule has 0 aromatic heterocycles. The van der Waals surface area contributed by atoms with E-state index in [9.17, 15) is 9.50 Å². The zero-order valence-corrected chi connectivity index (χ0v) is 9.56. The minimum Gasteiger partial charge on any atom is -0.393 e. The van der Waals surface area contributed by atoms with E-state index in [2.05, 4.69) is 4.90 Å². The van der Waals surface area contributed by atoms with Gasteiger partial charge in [0.2, 0.25) is 0 Å².